The molecule has 0 spiro atoms. The number of nitrogens with zero attached hydrogens (tertiary/aromatic N) is 1. The van der Waals surface area contributed by atoms with Gasteiger partial charge in [-0.2, -0.15) is 0 Å². The molecule has 0 unspecified atom stereocenters. The van der Waals surface area contributed by atoms with Gasteiger partial charge in [0, 0.05) is 6.54 Å². The molecule has 0 bridgehead atoms. The van der Waals surface area contributed by atoms with E-state index in [1.54, 1.807) is 6.92 Å². The third kappa shape index (κ3) is 3.08. The lowest BCUT2D eigenvalue weighted by Gasteiger charge is -2.01. The molecule has 1 aliphatic heterocycles. The van der Waals surface area contributed by atoms with Crippen molar-refractivity contribution in [3.8, 4) is 0 Å². The number of nitrogens with one attached hydrogen (secondary N) is 2. The van der Waals surface area contributed by atoms with Gasteiger partial charge in [0.25, 0.3) is 5.91 Å². The number of rotatable bonds is 2. The van der Waals surface area contributed by atoms with Crippen molar-refractivity contribution in [3.05, 3.63) is 10.6 Å². The van der Waals surface area contributed by atoms with Crippen LogP contribution >= 0.6 is 11.3 Å². The second kappa shape index (κ2) is 5.79. The highest BCUT2D eigenvalue weighted by atomic mass is 32.1. The third-order valence-electron chi connectivity index (χ3n) is 2.46. The monoisotopic (exact) mass is 283 g/mol. The topological polar surface area (TPSA) is 97.4 Å². The molecule has 0 aliphatic carbocycles. The standard InChI is InChI=1S/C11H13N3O4S/c1-2-18-10(17)9(16)14-11-13-6-4-3-5-12-8(15)7(6)19-11/h2-5H2,1H3,(H,12,15)(H,13,14,16). The molecule has 0 atom stereocenters. The van der Waals surface area contributed by atoms with Crippen LogP contribution in [0.2, 0.25) is 0 Å². The molecule has 2 N–H and O–H groups in total. The number of carbonyl (C=O) groups excluding carboxylic acids is 3. The zero-order valence-corrected chi connectivity index (χ0v) is 11.1. The van der Waals surface area contributed by atoms with E-state index in [-0.39, 0.29) is 17.6 Å². The minimum Gasteiger partial charge on any atom is -0.459 e. The fourth-order valence-electron chi connectivity index (χ4n) is 1.63. The molecule has 0 fully saturated rings. The van der Waals surface area contributed by atoms with E-state index in [9.17, 15) is 14.4 Å². The van der Waals surface area contributed by atoms with Crippen molar-refractivity contribution in [2.45, 2.75) is 19.8 Å². The number of carbonyl (C=O) groups is 3. The van der Waals surface area contributed by atoms with Gasteiger partial charge in [0.1, 0.15) is 4.88 Å². The Labute approximate surface area is 113 Å². The molecule has 1 aromatic rings. The summed E-state index contributed by atoms with van der Waals surface area (Å²) in [6.45, 7) is 2.36. The van der Waals surface area contributed by atoms with Crippen LogP contribution in [-0.4, -0.2) is 35.9 Å². The first-order valence-corrected chi connectivity index (χ1v) is 6.69. The Balaban J connectivity index is 2.11. The van der Waals surface area contributed by atoms with Crippen LogP contribution in [-0.2, 0) is 20.7 Å². The summed E-state index contributed by atoms with van der Waals surface area (Å²) >= 11 is 1.06. The lowest BCUT2D eigenvalue weighted by atomic mass is 10.2. The van der Waals surface area contributed by atoms with E-state index in [4.69, 9.17) is 0 Å². The van der Waals surface area contributed by atoms with Gasteiger partial charge in [0.05, 0.1) is 12.3 Å². The van der Waals surface area contributed by atoms with Gasteiger partial charge in [-0.15, -0.1) is 0 Å². The van der Waals surface area contributed by atoms with Gasteiger partial charge < -0.3 is 10.1 Å². The molecule has 0 radical (unpaired) electrons. The number of ether oxygens (including phenoxy) is 1. The molecule has 0 aromatic carbocycles. The second-order valence-electron chi connectivity index (χ2n) is 3.83. The molecule has 19 heavy (non-hydrogen) atoms. The molecule has 7 nitrogen and oxygen atoms in total. The molecular weight excluding hydrogens is 270 g/mol. The number of fused-ring (bicyclic) bond motifs is 1. The molecule has 2 amide bonds. The maximum atomic E-state index is 11.7. The molecule has 8 heteroatoms. The molecular formula is C11H13N3O4S. The summed E-state index contributed by atoms with van der Waals surface area (Å²) < 4.78 is 4.57. The molecule has 1 aliphatic rings. The Hall–Kier alpha value is -1.96. The second-order valence-corrected chi connectivity index (χ2v) is 4.83. The summed E-state index contributed by atoms with van der Waals surface area (Å²) in [6.07, 6.45) is 1.47. The highest BCUT2D eigenvalue weighted by molar-refractivity contribution is 7.17. The van der Waals surface area contributed by atoms with Crippen molar-refractivity contribution in [2.75, 3.05) is 18.5 Å². The van der Waals surface area contributed by atoms with Gasteiger partial charge in [-0.3, -0.25) is 14.9 Å². The lowest BCUT2D eigenvalue weighted by molar-refractivity contribution is -0.152. The lowest BCUT2D eigenvalue weighted by Crippen LogP contribution is -2.25. The average Bonchev–Trinajstić information content (AvgIpc) is 2.70. The van der Waals surface area contributed by atoms with Gasteiger partial charge in [0.15, 0.2) is 5.13 Å². The molecule has 102 valence electrons. The summed E-state index contributed by atoms with van der Waals surface area (Å²) in [5.41, 5.74) is 0.652. The Kier molecular flexibility index (Phi) is 4.10. The number of thiazole rings is 1. The number of aryl methyl sites for hydroxylation is 1. The number of amides is 2. The fraction of sp³-hybridized carbons (Fsp3) is 0.455. The van der Waals surface area contributed by atoms with Crippen LogP contribution < -0.4 is 10.6 Å². The molecule has 1 aromatic heterocycles. The normalized spacial score (nSPS) is 14.1. The van der Waals surface area contributed by atoms with Crippen LogP contribution in [0.4, 0.5) is 5.13 Å². The van der Waals surface area contributed by atoms with Crippen LogP contribution in [0.3, 0.4) is 0 Å². The van der Waals surface area contributed by atoms with Crippen LogP contribution in [0.25, 0.3) is 0 Å². The number of esters is 1. The van der Waals surface area contributed by atoms with Crippen molar-refractivity contribution in [3.63, 3.8) is 0 Å². The zero-order chi connectivity index (χ0) is 13.8. The minimum absolute atomic E-state index is 0.128. The predicted molar refractivity (Wildman–Crippen MR) is 68.0 cm³/mol. The van der Waals surface area contributed by atoms with Gasteiger partial charge in [-0.05, 0) is 19.8 Å². The molecule has 0 saturated carbocycles. The summed E-state index contributed by atoms with van der Waals surface area (Å²) in [7, 11) is 0. The van der Waals surface area contributed by atoms with Crippen LogP contribution in [0.5, 0.6) is 0 Å². The minimum atomic E-state index is -0.961. The van der Waals surface area contributed by atoms with Gasteiger partial charge >= 0.3 is 11.9 Å². The molecule has 2 rings (SSSR count). The SMILES string of the molecule is CCOC(=O)C(=O)Nc1nc2c(s1)C(=O)NCCC2. The Morgan fingerprint density at radius 3 is 3.05 bits per heavy atom. The van der Waals surface area contributed by atoms with Gasteiger partial charge in [0.2, 0.25) is 0 Å². The van der Waals surface area contributed by atoms with Crippen molar-refractivity contribution in [2.24, 2.45) is 0 Å². The summed E-state index contributed by atoms with van der Waals surface area (Å²) in [5, 5.41) is 5.31. The first-order chi connectivity index (χ1) is 9.11. The maximum absolute atomic E-state index is 11.7. The highest BCUT2D eigenvalue weighted by Gasteiger charge is 2.23. The number of aromatic nitrogens is 1. The van der Waals surface area contributed by atoms with Gasteiger partial charge in [-0.1, -0.05) is 11.3 Å². The number of hydrogen-bond acceptors (Lipinski definition) is 6. The number of hydrogen-bond donors (Lipinski definition) is 2. The predicted octanol–water partition coefficient (Wildman–Crippen LogP) is 0.321. The van der Waals surface area contributed by atoms with Gasteiger partial charge in [-0.25, -0.2) is 9.78 Å². The van der Waals surface area contributed by atoms with E-state index in [0.717, 1.165) is 17.8 Å². The zero-order valence-electron chi connectivity index (χ0n) is 10.3. The van der Waals surface area contributed by atoms with Crippen LogP contribution in [0, 0.1) is 0 Å². The van der Waals surface area contributed by atoms with E-state index in [2.05, 4.69) is 20.4 Å². The van der Waals surface area contributed by atoms with E-state index in [1.165, 1.54) is 0 Å². The molecule has 2 heterocycles. The Morgan fingerprint density at radius 1 is 1.53 bits per heavy atom. The van der Waals surface area contributed by atoms with E-state index >= 15 is 0 Å². The third-order valence-corrected chi connectivity index (χ3v) is 3.47. The first kappa shape index (κ1) is 13.5. The summed E-state index contributed by atoms with van der Waals surface area (Å²) in [6, 6.07) is 0. The Morgan fingerprint density at radius 2 is 2.32 bits per heavy atom. The smallest absolute Gasteiger partial charge is 0.397 e. The van der Waals surface area contributed by atoms with Crippen molar-refractivity contribution in [1.29, 1.82) is 0 Å². The van der Waals surface area contributed by atoms with E-state index in [1.807, 2.05) is 0 Å². The number of anilines is 1. The highest BCUT2D eigenvalue weighted by Crippen LogP contribution is 2.25. The van der Waals surface area contributed by atoms with E-state index in [0.29, 0.717) is 23.5 Å². The quantitative estimate of drug-likeness (QED) is 0.602. The summed E-state index contributed by atoms with van der Waals surface area (Å²) in [5.74, 6) is -2.04. The van der Waals surface area contributed by atoms with Crippen molar-refractivity contribution in [1.82, 2.24) is 10.3 Å². The Bertz CT molecular complexity index is 526. The van der Waals surface area contributed by atoms with Crippen molar-refractivity contribution < 1.29 is 19.1 Å². The van der Waals surface area contributed by atoms with Crippen LogP contribution in [0.1, 0.15) is 28.7 Å². The maximum Gasteiger partial charge on any atom is 0.397 e. The van der Waals surface area contributed by atoms with Crippen molar-refractivity contribution >= 4 is 34.3 Å². The van der Waals surface area contributed by atoms with E-state index < -0.39 is 11.9 Å². The largest absolute Gasteiger partial charge is 0.459 e. The average molecular weight is 283 g/mol. The fourth-order valence-corrected chi connectivity index (χ4v) is 2.56. The summed E-state index contributed by atoms with van der Waals surface area (Å²) in [4.78, 5) is 39.0. The first-order valence-electron chi connectivity index (χ1n) is 5.87. The molecule has 0 saturated heterocycles. The van der Waals surface area contributed by atoms with Crippen LogP contribution in [0.15, 0.2) is 0 Å².